The lowest BCUT2D eigenvalue weighted by molar-refractivity contribution is -0.119. The number of hydrogen-bond acceptors (Lipinski definition) is 3. The Hall–Kier alpha value is -1.87. The monoisotopic (exact) mass is 345 g/mol. The third kappa shape index (κ3) is 4.57. The third-order valence-corrected chi connectivity index (χ3v) is 4.75. The Balaban J connectivity index is 2.26. The second-order valence-corrected chi connectivity index (χ2v) is 6.70. The number of rotatable bonds is 7. The molecule has 0 amide bonds. The normalized spacial score (nSPS) is 15.9. The summed E-state index contributed by atoms with van der Waals surface area (Å²) in [5, 5.41) is 3.02. The van der Waals surface area contributed by atoms with E-state index in [9.17, 15) is 9.59 Å². The van der Waals surface area contributed by atoms with Gasteiger partial charge in [-0.25, -0.2) is 0 Å². The van der Waals surface area contributed by atoms with Gasteiger partial charge < -0.3 is 5.32 Å². The molecule has 1 atom stereocenters. The van der Waals surface area contributed by atoms with Crippen molar-refractivity contribution >= 4 is 34.9 Å². The van der Waals surface area contributed by atoms with Gasteiger partial charge in [0.05, 0.1) is 0 Å². The molecule has 0 aromatic heterocycles. The van der Waals surface area contributed by atoms with Crippen molar-refractivity contribution in [1.29, 1.82) is 0 Å². The van der Waals surface area contributed by atoms with Crippen LogP contribution in [0, 0.1) is 5.92 Å². The van der Waals surface area contributed by atoms with Crippen molar-refractivity contribution in [2.24, 2.45) is 5.92 Å². The molecule has 1 saturated carbocycles. The maximum absolute atomic E-state index is 12.3. The van der Waals surface area contributed by atoms with Crippen molar-refractivity contribution in [3.05, 3.63) is 46.1 Å². The van der Waals surface area contributed by atoms with Crippen LogP contribution in [0.5, 0.6) is 0 Å². The summed E-state index contributed by atoms with van der Waals surface area (Å²) in [6.07, 6.45) is 6.44. The van der Waals surface area contributed by atoms with Gasteiger partial charge in [-0.2, -0.15) is 0 Å². The SMILES string of the molecule is CCC(C)C(=O)/C(Cl)=C(/Nc1cccc(C=C2CCC2)c1)C(C)=O. The second-order valence-electron chi connectivity index (χ2n) is 6.33. The minimum Gasteiger partial charge on any atom is -0.351 e. The Bertz CT molecular complexity index is 697. The van der Waals surface area contributed by atoms with Gasteiger partial charge in [0, 0.05) is 18.5 Å². The zero-order valence-corrected chi connectivity index (χ0v) is 15.2. The number of halogens is 1. The number of nitrogens with one attached hydrogen (secondary N) is 1. The first-order valence-corrected chi connectivity index (χ1v) is 8.81. The predicted molar refractivity (Wildman–Crippen MR) is 99.9 cm³/mol. The molecular formula is C20H24ClNO2. The summed E-state index contributed by atoms with van der Waals surface area (Å²) in [6, 6.07) is 7.78. The largest absolute Gasteiger partial charge is 0.351 e. The molecule has 128 valence electrons. The summed E-state index contributed by atoms with van der Waals surface area (Å²) in [6.45, 7) is 5.15. The van der Waals surface area contributed by atoms with Crippen LogP contribution in [0.4, 0.5) is 5.69 Å². The van der Waals surface area contributed by atoms with E-state index in [4.69, 9.17) is 11.6 Å². The molecule has 1 aliphatic carbocycles. The van der Waals surface area contributed by atoms with E-state index in [2.05, 4.69) is 11.4 Å². The fourth-order valence-electron chi connectivity index (χ4n) is 2.43. The van der Waals surface area contributed by atoms with Gasteiger partial charge in [0.2, 0.25) is 0 Å². The molecule has 2 rings (SSSR count). The zero-order chi connectivity index (χ0) is 17.7. The Morgan fingerprint density at radius 1 is 1.33 bits per heavy atom. The van der Waals surface area contributed by atoms with Crippen molar-refractivity contribution in [3.63, 3.8) is 0 Å². The lowest BCUT2D eigenvalue weighted by atomic mass is 9.91. The van der Waals surface area contributed by atoms with Crippen LogP contribution in [-0.2, 0) is 9.59 Å². The number of ketones is 2. The first-order valence-electron chi connectivity index (χ1n) is 8.43. The van der Waals surface area contributed by atoms with Gasteiger partial charge >= 0.3 is 0 Å². The fourth-order valence-corrected chi connectivity index (χ4v) is 2.80. The summed E-state index contributed by atoms with van der Waals surface area (Å²) >= 11 is 6.21. The van der Waals surface area contributed by atoms with E-state index in [0.717, 1.165) is 24.1 Å². The number of hydrogen-bond donors (Lipinski definition) is 1. The summed E-state index contributed by atoms with van der Waals surface area (Å²) < 4.78 is 0. The summed E-state index contributed by atoms with van der Waals surface area (Å²) in [5.74, 6) is -0.660. The lowest BCUT2D eigenvalue weighted by Crippen LogP contribution is -2.18. The topological polar surface area (TPSA) is 46.2 Å². The first kappa shape index (κ1) is 18.5. The Morgan fingerprint density at radius 2 is 2.04 bits per heavy atom. The molecule has 24 heavy (non-hydrogen) atoms. The van der Waals surface area contributed by atoms with E-state index < -0.39 is 0 Å². The second kappa shape index (κ2) is 8.29. The molecule has 1 N–H and O–H groups in total. The minimum atomic E-state index is -0.251. The van der Waals surface area contributed by atoms with Crippen molar-refractivity contribution in [3.8, 4) is 0 Å². The van der Waals surface area contributed by atoms with Crippen molar-refractivity contribution in [2.45, 2.75) is 46.5 Å². The maximum Gasteiger partial charge on any atom is 0.179 e. The van der Waals surface area contributed by atoms with Gasteiger partial charge in [-0.05, 0) is 43.4 Å². The van der Waals surface area contributed by atoms with Gasteiger partial charge in [0.25, 0.3) is 0 Å². The van der Waals surface area contributed by atoms with E-state index in [-0.39, 0.29) is 28.2 Å². The highest BCUT2D eigenvalue weighted by Crippen LogP contribution is 2.28. The van der Waals surface area contributed by atoms with E-state index >= 15 is 0 Å². The quantitative estimate of drug-likeness (QED) is 0.680. The first-order chi connectivity index (χ1) is 11.4. The maximum atomic E-state index is 12.3. The Labute approximate surface area is 148 Å². The number of allylic oxidation sites excluding steroid dienone is 3. The highest BCUT2D eigenvalue weighted by Gasteiger charge is 2.21. The average Bonchev–Trinajstić information content (AvgIpc) is 2.54. The third-order valence-electron chi connectivity index (χ3n) is 4.37. The van der Waals surface area contributed by atoms with Gasteiger partial charge in [-0.15, -0.1) is 0 Å². The van der Waals surface area contributed by atoms with E-state index in [0.29, 0.717) is 6.42 Å². The van der Waals surface area contributed by atoms with Crippen LogP contribution in [0.15, 0.2) is 40.6 Å². The average molecular weight is 346 g/mol. The van der Waals surface area contributed by atoms with Crippen LogP contribution in [0.2, 0.25) is 0 Å². The molecule has 0 aliphatic heterocycles. The van der Waals surface area contributed by atoms with Crippen LogP contribution in [0.25, 0.3) is 6.08 Å². The highest BCUT2D eigenvalue weighted by atomic mass is 35.5. The summed E-state index contributed by atoms with van der Waals surface area (Å²) in [4.78, 5) is 24.2. The molecular weight excluding hydrogens is 322 g/mol. The van der Waals surface area contributed by atoms with Gasteiger partial charge in [0.1, 0.15) is 10.7 Å². The summed E-state index contributed by atoms with van der Waals surface area (Å²) in [7, 11) is 0. The Kier molecular flexibility index (Phi) is 6.38. The van der Waals surface area contributed by atoms with Crippen molar-refractivity contribution in [1.82, 2.24) is 0 Å². The molecule has 1 fully saturated rings. The predicted octanol–water partition coefficient (Wildman–Crippen LogP) is 5.32. The van der Waals surface area contributed by atoms with Gasteiger partial charge in [-0.3, -0.25) is 9.59 Å². The Morgan fingerprint density at radius 3 is 2.58 bits per heavy atom. The smallest absolute Gasteiger partial charge is 0.179 e. The molecule has 1 aliphatic rings. The molecule has 3 nitrogen and oxygen atoms in total. The lowest BCUT2D eigenvalue weighted by Gasteiger charge is -2.16. The molecule has 0 radical (unpaired) electrons. The minimum absolute atomic E-state index is 0.0143. The number of anilines is 1. The van der Waals surface area contributed by atoms with E-state index in [1.165, 1.54) is 18.9 Å². The number of carbonyl (C=O) groups is 2. The molecule has 1 aromatic carbocycles. The van der Waals surface area contributed by atoms with E-state index in [1.54, 1.807) is 0 Å². The molecule has 0 saturated heterocycles. The van der Waals surface area contributed by atoms with Gasteiger partial charge in [0.15, 0.2) is 11.6 Å². The molecule has 0 bridgehead atoms. The number of benzene rings is 1. The molecule has 0 spiro atoms. The van der Waals surface area contributed by atoms with Crippen molar-refractivity contribution in [2.75, 3.05) is 5.32 Å². The van der Waals surface area contributed by atoms with Crippen LogP contribution in [-0.4, -0.2) is 11.6 Å². The van der Waals surface area contributed by atoms with Crippen LogP contribution >= 0.6 is 11.6 Å². The number of Topliss-reactive ketones (excluding diaryl/α,β-unsaturated/α-hetero) is 2. The van der Waals surface area contributed by atoms with Crippen LogP contribution in [0.3, 0.4) is 0 Å². The summed E-state index contributed by atoms with van der Waals surface area (Å²) in [5.41, 5.74) is 3.45. The zero-order valence-electron chi connectivity index (χ0n) is 14.5. The van der Waals surface area contributed by atoms with Crippen LogP contribution in [0.1, 0.15) is 52.0 Å². The molecule has 4 heteroatoms. The van der Waals surface area contributed by atoms with Crippen LogP contribution < -0.4 is 5.32 Å². The highest BCUT2D eigenvalue weighted by molar-refractivity contribution is 6.45. The molecule has 1 aromatic rings. The van der Waals surface area contributed by atoms with E-state index in [1.807, 2.05) is 38.1 Å². The van der Waals surface area contributed by atoms with Gasteiger partial charge in [-0.1, -0.05) is 49.2 Å². The van der Waals surface area contributed by atoms with Crippen molar-refractivity contribution < 1.29 is 9.59 Å². The fraction of sp³-hybridized carbons (Fsp3) is 0.400. The standard InChI is InChI=1S/C20H24ClNO2/c1-4-13(2)20(24)18(21)19(14(3)23)22-17-10-6-9-16(12-17)11-15-7-5-8-15/h6,9-13,22H,4-5,7-8H2,1-3H3/b19-18-. The molecule has 0 heterocycles. The molecule has 1 unspecified atom stereocenters. The number of carbonyl (C=O) groups excluding carboxylic acids is 2.